The molecule has 0 bridgehead atoms. The maximum Gasteiger partial charge on any atom is 0.270 e. The number of nitrogens with zero attached hydrogens (tertiary/aromatic N) is 2. The van der Waals surface area contributed by atoms with Crippen LogP contribution in [0.2, 0.25) is 0 Å². The number of nitro benzene ring substituents is 1. The van der Waals surface area contributed by atoms with Crippen molar-refractivity contribution >= 4 is 17.7 Å². The average Bonchev–Trinajstić information content (AvgIpc) is 3.26. The zero-order valence-corrected chi connectivity index (χ0v) is 12.9. The van der Waals surface area contributed by atoms with Gasteiger partial charge in [-0.1, -0.05) is 12.1 Å². The molecule has 2 fully saturated rings. The van der Waals surface area contributed by atoms with Crippen molar-refractivity contribution in [2.75, 3.05) is 19.8 Å². The molecule has 1 aliphatic heterocycles. The lowest BCUT2D eigenvalue weighted by Gasteiger charge is -2.23. The Morgan fingerprint density at radius 3 is 2.87 bits per heavy atom. The second-order valence-electron chi connectivity index (χ2n) is 6.14. The summed E-state index contributed by atoms with van der Waals surface area (Å²) in [5.74, 6) is 0.400. The van der Waals surface area contributed by atoms with E-state index in [9.17, 15) is 14.9 Å². The van der Waals surface area contributed by atoms with Gasteiger partial charge in [0.1, 0.15) is 0 Å². The molecule has 1 unspecified atom stereocenters. The van der Waals surface area contributed by atoms with E-state index >= 15 is 0 Å². The molecule has 6 heteroatoms. The molecule has 1 aromatic carbocycles. The van der Waals surface area contributed by atoms with Crippen molar-refractivity contribution in [2.24, 2.45) is 5.92 Å². The summed E-state index contributed by atoms with van der Waals surface area (Å²) in [5.41, 5.74) is 0.689. The van der Waals surface area contributed by atoms with Gasteiger partial charge in [0, 0.05) is 43.3 Å². The van der Waals surface area contributed by atoms with Crippen LogP contribution in [0.1, 0.15) is 24.8 Å². The third-order valence-electron chi connectivity index (χ3n) is 4.25. The fourth-order valence-electron chi connectivity index (χ4n) is 2.82. The Labute approximate surface area is 134 Å². The first kappa shape index (κ1) is 15.7. The predicted molar refractivity (Wildman–Crippen MR) is 85.8 cm³/mol. The fourth-order valence-corrected chi connectivity index (χ4v) is 2.82. The van der Waals surface area contributed by atoms with E-state index in [1.165, 1.54) is 18.2 Å². The third-order valence-corrected chi connectivity index (χ3v) is 4.25. The summed E-state index contributed by atoms with van der Waals surface area (Å²) in [6, 6.07) is 6.63. The molecule has 6 nitrogen and oxygen atoms in total. The molecule has 0 N–H and O–H groups in total. The number of non-ortho nitro benzene ring substituents is 1. The van der Waals surface area contributed by atoms with Crippen LogP contribution in [0.3, 0.4) is 0 Å². The zero-order valence-electron chi connectivity index (χ0n) is 12.9. The Morgan fingerprint density at radius 2 is 2.22 bits per heavy atom. The number of hydrogen-bond acceptors (Lipinski definition) is 4. The Bertz CT molecular complexity index is 619. The Morgan fingerprint density at radius 1 is 1.39 bits per heavy atom. The van der Waals surface area contributed by atoms with E-state index in [1.807, 2.05) is 4.90 Å². The highest BCUT2D eigenvalue weighted by Gasteiger charge is 2.33. The van der Waals surface area contributed by atoms with Gasteiger partial charge in [-0.3, -0.25) is 14.9 Å². The second-order valence-corrected chi connectivity index (χ2v) is 6.14. The SMILES string of the molecule is O=C(C=Cc1cccc([N+](=O)[O-])c1)N(CC1CCOC1)C1CC1. The number of nitro groups is 1. The molecule has 0 spiro atoms. The van der Waals surface area contributed by atoms with Crippen molar-refractivity contribution in [3.05, 3.63) is 46.0 Å². The summed E-state index contributed by atoms with van der Waals surface area (Å²) >= 11 is 0. The van der Waals surface area contributed by atoms with Crippen molar-refractivity contribution in [1.29, 1.82) is 0 Å². The van der Waals surface area contributed by atoms with Gasteiger partial charge in [0.05, 0.1) is 11.5 Å². The molecule has 1 heterocycles. The molecule has 1 atom stereocenters. The van der Waals surface area contributed by atoms with E-state index in [0.29, 0.717) is 17.5 Å². The van der Waals surface area contributed by atoms with Gasteiger partial charge >= 0.3 is 0 Å². The lowest BCUT2D eigenvalue weighted by atomic mass is 10.1. The van der Waals surface area contributed by atoms with Crippen LogP contribution < -0.4 is 0 Å². The molecule has 1 aromatic rings. The van der Waals surface area contributed by atoms with Crippen LogP contribution in [0.25, 0.3) is 6.08 Å². The number of carbonyl (C=O) groups is 1. The van der Waals surface area contributed by atoms with E-state index in [0.717, 1.165) is 39.0 Å². The van der Waals surface area contributed by atoms with Crippen LogP contribution in [-0.4, -0.2) is 41.5 Å². The smallest absolute Gasteiger partial charge is 0.270 e. The second kappa shape index (κ2) is 6.91. The maximum absolute atomic E-state index is 12.5. The topological polar surface area (TPSA) is 72.7 Å². The first-order valence-corrected chi connectivity index (χ1v) is 7.94. The van der Waals surface area contributed by atoms with Gasteiger partial charge in [-0.05, 0) is 30.9 Å². The minimum absolute atomic E-state index is 0.0223. The standard InChI is InChI=1S/C17H20N2O4/c20-17(7-4-13-2-1-3-16(10-13)19(21)22)18(15-5-6-15)11-14-8-9-23-12-14/h1-4,7,10,14-15H,5-6,8-9,11-12H2. The van der Waals surface area contributed by atoms with Crippen molar-refractivity contribution in [2.45, 2.75) is 25.3 Å². The highest BCUT2D eigenvalue weighted by Crippen LogP contribution is 2.29. The van der Waals surface area contributed by atoms with Crippen molar-refractivity contribution in [3.8, 4) is 0 Å². The van der Waals surface area contributed by atoms with Gasteiger partial charge in [0.2, 0.25) is 5.91 Å². The predicted octanol–water partition coefficient (Wildman–Crippen LogP) is 2.64. The summed E-state index contributed by atoms with van der Waals surface area (Å²) in [6.45, 7) is 2.24. The number of ether oxygens (including phenoxy) is 1. The number of carbonyl (C=O) groups excluding carboxylic acids is 1. The van der Waals surface area contributed by atoms with Crippen LogP contribution >= 0.6 is 0 Å². The molecule has 2 aliphatic rings. The summed E-state index contributed by atoms with van der Waals surface area (Å²) in [4.78, 5) is 24.7. The Kier molecular flexibility index (Phi) is 4.71. The molecule has 0 aromatic heterocycles. The molecule has 0 radical (unpaired) electrons. The minimum atomic E-state index is -0.435. The molecule has 1 saturated heterocycles. The number of benzene rings is 1. The number of amides is 1. The average molecular weight is 316 g/mol. The zero-order chi connectivity index (χ0) is 16.2. The third kappa shape index (κ3) is 4.16. The lowest BCUT2D eigenvalue weighted by molar-refractivity contribution is -0.384. The number of hydrogen-bond donors (Lipinski definition) is 0. The highest BCUT2D eigenvalue weighted by molar-refractivity contribution is 5.92. The molecule has 23 heavy (non-hydrogen) atoms. The quantitative estimate of drug-likeness (QED) is 0.459. The van der Waals surface area contributed by atoms with Gasteiger partial charge in [-0.2, -0.15) is 0 Å². The summed E-state index contributed by atoms with van der Waals surface area (Å²) in [5, 5.41) is 10.8. The van der Waals surface area contributed by atoms with Gasteiger partial charge in [-0.15, -0.1) is 0 Å². The van der Waals surface area contributed by atoms with Crippen LogP contribution in [0.4, 0.5) is 5.69 Å². The molecule has 3 rings (SSSR count). The van der Waals surface area contributed by atoms with Crippen molar-refractivity contribution in [3.63, 3.8) is 0 Å². The van der Waals surface area contributed by atoms with Gasteiger partial charge in [0.15, 0.2) is 0 Å². The van der Waals surface area contributed by atoms with Crippen LogP contribution in [0.15, 0.2) is 30.3 Å². The van der Waals surface area contributed by atoms with Gasteiger partial charge in [0.25, 0.3) is 5.69 Å². The Hall–Kier alpha value is -2.21. The molecular formula is C17H20N2O4. The fraction of sp³-hybridized carbons (Fsp3) is 0.471. The van der Waals surface area contributed by atoms with Crippen LogP contribution in [0, 0.1) is 16.0 Å². The first-order valence-electron chi connectivity index (χ1n) is 7.94. The monoisotopic (exact) mass is 316 g/mol. The van der Waals surface area contributed by atoms with Crippen LogP contribution in [-0.2, 0) is 9.53 Å². The van der Waals surface area contributed by atoms with Crippen molar-refractivity contribution < 1.29 is 14.5 Å². The highest BCUT2D eigenvalue weighted by atomic mass is 16.6. The van der Waals surface area contributed by atoms with E-state index in [4.69, 9.17) is 4.74 Å². The summed E-state index contributed by atoms with van der Waals surface area (Å²) in [6.07, 6.45) is 6.29. The maximum atomic E-state index is 12.5. The van der Waals surface area contributed by atoms with E-state index in [1.54, 1.807) is 18.2 Å². The summed E-state index contributed by atoms with van der Waals surface area (Å²) in [7, 11) is 0. The normalized spacial score (nSPS) is 20.8. The van der Waals surface area contributed by atoms with Crippen molar-refractivity contribution in [1.82, 2.24) is 4.90 Å². The molecule has 1 amide bonds. The van der Waals surface area contributed by atoms with E-state index in [-0.39, 0.29) is 11.6 Å². The molecule has 122 valence electrons. The lowest BCUT2D eigenvalue weighted by Crippen LogP contribution is -2.36. The van der Waals surface area contributed by atoms with Crippen LogP contribution in [0.5, 0.6) is 0 Å². The Balaban J connectivity index is 1.65. The van der Waals surface area contributed by atoms with E-state index < -0.39 is 4.92 Å². The first-order chi connectivity index (χ1) is 11.1. The largest absolute Gasteiger partial charge is 0.381 e. The van der Waals surface area contributed by atoms with E-state index in [2.05, 4.69) is 0 Å². The number of rotatable bonds is 6. The minimum Gasteiger partial charge on any atom is -0.381 e. The molecule has 1 aliphatic carbocycles. The summed E-state index contributed by atoms with van der Waals surface area (Å²) < 4.78 is 5.38. The van der Waals surface area contributed by atoms with Gasteiger partial charge < -0.3 is 9.64 Å². The van der Waals surface area contributed by atoms with Gasteiger partial charge in [-0.25, -0.2) is 0 Å². The molecule has 1 saturated carbocycles. The molecular weight excluding hydrogens is 296 g/mol.